The molecule has 0 aliphatic carbocycles. The number of piperazine rings is 1. The molecule has 2 N–H and O–H groups in total. The van der Waals surface area contributed by atoms with Crippen molar-refractivity contribution in [2.75, 3.05) is 31.5 Å². The summed E-state index contributed by atoms with van der Waals surface area (Å²) in [4.78, 5) is 1.83. The second kappa shape index (κ2) is 4.13. The van der Waals surface area contributed by atoms with Crippen molar-refractivity contribution >= 4 is 11.8 Å². The number of anilines is 1. The summed E-state index contributed by atoms with van der Waals surface area (Å²) in [6.45, 7) is 3.11. The van der Waals surface area contributed by atoms with Crippen LogP contribution in [0.2, 0.25) is 0 Å². The zero-order chi connectivity index (χ0) is 11.7. The van der Waals surface area contributed by atoms with Gasteiger partial charge in [0.25, 0.3) is 5.92 Å². The summed E-state index contributed by atoms with van der Waals surface area (Å²) >= 11 is 0. The summed E-state index contributed by atoms with van der Waals surface area (Å²) in [6.07, 6.45) is 3.47. The zero-order valence-corrected chi connectivity index (χ0v) is 9.62. The van der Waals surface area contributed by atoms with Gasteiger partial charge in [0.2, 0.25) is 0 Å². The Labute approximate surface area is 100 Å². The SMILES string of the molecule is FC1(N2CCNCC2)C=Cc2ccccc2N1. The quantitative estimate of drug-likeness (QED) is 0.722. The molecule has 1 atom stereocenters. The first-order chi connectivity index (χ1) is 8.28. The van der Waals surface area contributed by atoms with Crippen molar-refractivity contribution in [2.45, 2.75) is 5.92 Å². The molecule has 1 saturated heterocycles. The molecule has 2 aliphatic heterocycles. The molecule has 1 unspecified atom stereocenters. The highest BCUT2D eigenvalue weighted by Gasteiger charge is 2.36. The smallest absolute Gasteiger partial charge is 0.257 e. The number of hydrogen-bond donors (Lipinski definition) is 2. The molecule has 1 aromatic rings. The van der Waals surface area contributed by atoms with Crippen LogP contribution < -0.4 is 10.6 Å². The molecule has 90 valence electrons. The van der Waals surface area contributed by atoms with Crippen LogP contribution in [0.5, 0.6) is 0 Å². The van der Waals surface area contributed by atoms with Crippen LogP contribution in [-0.4, -0.2) is 37.0 Å². The molecule has 0 aromatic heterocycles. The fraction of sp³-hybridized carbons (Fsp3) is 0.385. The van der Waals surface area contributed by atoms with Crippen molar-refractivity contribution in [3.8, 4) is 0 Å². The van der Waals surface area contributed by atoms with Crippen molar-refractivity contribution < 1.29 is 4.39 Å². The molecule has 0 amide bonds. The molecule has 0 radical (unpaired) electrons. The van der Waals surface area contributed by atoms with E-state index in [1.54, 1.807) is 6.08 Å². The summed E-state index contributed by atoms with van der Waals surface area (Å²) in [5.74, 6) is -1.55. The summed E-state index contributed by atoms with van der Waals surface area (Å²) in [5.41, 5.74) is 1.90. The molecule has 1 aromatic carbocycles. The van der Waals surface area contributed by atoms with Crippen molar-refractivity contribution in [3.63, 3.8) is 0 Å². The molecule has 17 heavy (non-hydrogen) atoms. The molecule has 0 bridgehead atoms. The van der Waals surface area contributed by atoms with Crippen LogP contribution in [-0.2, 0) is 0 Å². The van der Waals surface area contributed by atoms with Gasteiger partial charge < -0.3 is 10.6 Å². The summed E-state index contributed by atoms with van der Waals surface area (Å²) in [7, 11) is 0. The number of rotatable bonds is 1. The van der Waals surface area contributed by atoms with E-state index in [1.807, 2.05) is 35.2 Å². The second-order valence-electron chi connectivity index (χ2n) is 4.46. The Hall–Kier alpha value is -1.39. The van der Waals surface area contributed by atoms with Crippen LogP contribution in [0.4, 0.5) is 10.1 Å². The van der Waals surface area contributed by atoms with Crippen molar-refractivity contribution in [1.29, 1.82) is 0 Å². The van der Waals surface area contributed by atoms with E-state index in [9.17, 15) is 4.39 Å². The third kappa shape index (κ3) is 1.94. The van der Waals surface area contributed by atoms with E-state index in [0.717, 1.165) is 37.4 Å². The van der Waals surface area contributed by atoms with Gasteiger partial charge in [-0.2, -0.15) is 4.39 Å². The summed E-state index contributed by atoms with van der Waals surface area (Å²) in [6, 6.07) is 7.77. The standard InChI is InChI=1S/C13H16FN3/c14-13(17-9-7-15-8-10-17)6-5-11-3-1-2-4-12(11)16-13/h1-6,15-16H,7-10H2. The molecule has 2 aliphatic rings. The predicted molar refractivity (Wildman–Crippen MR) is 67.4 cm³/mol. The van der Waals surface area contributed by atoms with Crippen molar-refractivity contribution in [2.24, 2.45) is 0 Å². The van der Waals surface area contributed by atoms with Gasteiger partial charge in [-0.25, -0.2) is 4.90 Å². The van der Waals surface area contributed by atoms with Gasteiger partial charge >= 0.3 is 0 Å². The van der Waals surface area contributed by atoms with Gasteiger partial charge in [0.1, 0.15) is 0 Å². The van der Waals surface area contributed by atoms with Crippen LogP contribution in [0.3, 0.4) is 0 Å². The topological polar surface area (TPSA) is 27.3 Å². The lowest BCUT2D eigenvalue weighted by molar-refractivity contribution is 0.0243. The lowest BCUT2D eigenvalue weighted by Gasteiger charge is -2.40. The van der Waals surface area contributed by atoms with Crippen LogP contribution in [0.15, 0.2) is 30.3 Å². The van der Waals surface area contributed by atoms with E-state index < -0.39 is 5.92 Å². The Bertz CT molecular complexity index is 440. The maximum Gasteiger partial charge on any atom is 0.257 e. The third-order valence-corrected chi connectivity index (χ3v) is 3.33. The molecular formula is C13H16FN3. The maximum absolute atomic E-state index is 14.8. The largest absolute Gasteiger partial charge is 0.337 e. The number of fused-ring (bicyclic) bond motifs is 1. The van der Waals surface area contributed by atoms with Gasteiger partial charge in [0.15, 0.2) is 0 Å². The highest BCUT2D eigenvalue weighted by molar-refractivity contribution is 5.71. The van der Waals surface area contributed by atoms with Gasteiger partial charge in [-0.1, -0.05) is 24.3 Å². The van der Waals surface area contributed by atoms with Gasteiger partial charge in [-0.15, -0.1) is 0 Å². The van der Waals surface area contributed by atoms with E-state index in [4.69, 9.17) is 0 Å². The number of hydrogen-bond acceptors (Lipinski definition) is 3. The van der Waals surface area contributed by atoms with E-state index in [0.29, 0.717) is 0 Å². The average Bonchev–Trinajstić information content (AvgIpc) is 2.40. The van der Waals surface area contributed by atoms with E-state index in [1.165, 1.54) is 0 Å². The fourth-order valence-corrected chi connectivity index (χ4v) is 2.36. The highest BCUT2D eigenvalue weighted by atomic mass is 19.1. The first-order valence-corrected chi connectivity index (χ1v) is 5.99. The number of nitrogens with one attached hydrogen (secondary N) is 2. The Balaban J connectivity index is 1.86. The number of benzene rings is 1. The van der Waals surface area contributed by atoms with E-state index in [2.05, 4.69) is 10.6 Å². The molecule has 3 nitrogen and oxygen atoms in total. The predicted octanol–water partition coefficient (Wildman–Crippen LogP) is 1.65. The zero-order valence-electron chi connectivity index (χ0n) is 9.62. The average molecular weight is 233 g/mol. The fourth-order valence-electron chi connectivity index (χ4n) is 2.36. The van der Waals surface area contributed by atoms with Gasteiger partial charge in [0.05, 0.1) is 0 Å². The van der Waals surface area contributed by atoms with E-state index in [-0.39, 0.29) is 0 Å². The Morgan fingerprint density at radius 2 is 1.94 bits per heavy atom. The third-order valence-electron chi connectivity index (χ3n) is 3.33. The Morgan fingerprint density at radius 3 is 2.76 bits per heavy atom. The molecule has 2 heterocycles. The minimum atomic E-state index is -1.55. The Morgan fingerprint density at radius 1 is 1.18 bits per heavy atom. The van der Waals surface area contributed by atoms with Gasteiger partial charge in [-0.05, 0) is 17.7 Å². The van der Waals surface area contributed by atoms with Crippen molar-refractivity contribution in [3.05, 3.63) is 35.9 Å². The maximum atomic E-state index is 14.8. The lowest BCUT2D eigenvalue weighted by Crippen LogP contribution is -2.57. The minimum Gasteiger partial charge on any atom is -0.337 e. The monoisotopic (exact) mass is 233 g/mol. The Kier molecular flexibility index (Phi) is 2.61. The summed E-state index contributed by atoms with van der Waals surface area (Å²) in [5, 5.41) is 6.22. The first-order valence-electron chi connectivity index (χ1n) is 5.99. The summed E-state index contributed by atoms with van der Waals surface area (Å²) < 4.78 is 14.8. The molecule has 4 heteroatoms. The second-order valence-corrected chi connectivity index (χ2v) is 4.46. The number of halogens is 1. The highest BCUT2D eigenvalue weighted by Crippen LogP contribution is 2.31. The molecule has 0 saturated carbocycles. The van der Waals surface area contributed by atoms with Gasteiger partial charge in [0, 0.05) is 31.9 Å². The number of alkyl halides is 1. The van der Waals surface area contributed by atoms with Crippen LogP contribution in [0.25, 0.3) is 6.08 Å². The van der Waals surface area contributed by atoms with Crippen molar-refractivity contribution in [1.82, 2.24) is 10.2 Å². The lowest BCUT2D eigenvalue weighted by atomic mass is 10.1. The molecule has 3 rings (SSSR count). The minimum absolute atomic E-state index is 0.718. The normalized spacial score (nSPS) is 28.5. The number of para-hydroxylation sites is 1. The first kappa shape index (κ1) is 10.7. The van der Waals surface area contributed by atoms with Gasteiger partial charge in [-0.3, -0.25) is 0 Å². The van der Waals surface area contributed by atoms with Crippen LogP contribution in [0.1, 0.15) is 5.56 Å². The van der Waals surface area contributed by atoms with E-state index >= 15 is 0 Å². The molecule has 1 fully saturated rings. The van der Waals surface area contributed by atoms with Crippen LogP contribution in [0, 0.1) is 0 Å². The molecule has 0 spiro atoms. The molecular weight excluding hydrogens is 217 g/mol. The van der Waals surface area contributed by atoms with Crippen LogP contribution >= 0.6 is 0 Å². The number of nitrogens with zero attached hydrogens (tertiary/aromatic N) is 1.